The lowest BCUT2D eigenvalue weighted by Gasteiger charge is -2.27. The van der Waals surface area contributed by atoms with E-state index in [4.69, 9.17) is 4.74 Å². The Bertz CT molecular complexity index is 836. The lowest BCUT2D eigenvalue weighted by molar-refractivity contribution is -0.108. The number of carbonyl (C=O) groups excluding carboxylic acids is 1. The normalized spacial score (nSPS) is 11.6. The Labute approximate surface area is 167 Å². The van der Waals surface area contributed by atoms with Gasteiger partial charge < -0.3 is 14.4 Å². The van der Waals surface area contributed by atoms with Crippen LogP contribution in [0.15, 0.2) is 78.9 Å². The van der Waals surface area contributed by atoms with Crippen molar-refractivity contribution in [3.63, 3.8) is 0 Å². The van der Waals surface area contributed by atoms with Gasteiger partial charge in [-0.3, -0.25) is 0 Å². The van der Waals surface area contributed by atoms with Gasteiger partial charge in [0.15, 0.2) is 0 Å². The van der Waals surface area contributed by atoms with Crippen molar-refractivity contribution in [1.82, 2.24) is 0 Å². The molecule has 0 N–H and O–H groups in total. The third-order valence-corrected chi connectivity index (χ3v) is 5.00. The zero-order valence-corrected chi connectivity index (χ0v) is 16.5. The lowest BCUT2D eigenvalue weighted by Crippen LogP contribution is -2.22. The molecule has 0 heterocycles. The van der Waals surface area contributed by atoms with Crippen LogP contribution in [-0.2, 0) is 17.9 Å². The number of methoxy groups -OCH3 is 1. The predicted octanol–water partition coefficient (Wildman–Crippen LogP) is 5.59. The van der Waals surface area contributed by atoms with Gasteiger partial charge in [0, 0.05) is 31.3 Å². The number of ether oxygens (including phenoxy) is 1. The van der Waals surface area contributed by atoms with E-state index in [0.717, 1.165) is 36.4 Å². The molecule has 144 valence electrons. The second-order valence-electron chi connectivity index (χ2n) is 7.06. The number of aldehydes is 1. The number of anilines is 1. The van der Waals surface area contributed by atoms with E-state index in [9.17, 15) is 4.79 Å². The van der Waals surface area contributed by atoms with Crippen LogP contribution in [0.25, 0.3) is 0 Å². The average Bonchev–Trinajstić information content (AvgIpc) is 2.74. The van der Waals surface area contributed by atoms with Gasteiger partial charge in [-0.2, -0.15) is 0 Å². The fraction of sp³-hybridized carbons (Fsp3) is 0.240. The summed E-state index contributed by atoms with van der Waals surface area (Å²) in [4.78, 5) is 13.3. The van der Waals surface area contributed by atoms with E-state index < -0.39 is 0 Å². The van der Waals surface area contributed by atoms with Crippen LogP contribution in [0.5, 0.6) is 5.75 Å². The monoisotopic (exact) mass is 373 g/mol. The van der Waals surface area contributed by atoms with Crippen LogP contribution in [0.1, 0.15) is 36.0 Å². The highest BCUT2D eigenvalue weighted by atomic mass is 16.5. The first-order valence-corrected chi connectivity index (χ1v) is 9.65. The molecule has 3 aromatic carbocycles. The molecule has 3 aromatic rings. The molecule has 0 bridgehead atoms. The van der Waals surface area contributed by atoms with Crippen molar-refractivity contribution < 1.29 is 9.53 Å². The van der Waals surface area contributed by atoms with Crippen molar-refractivity contribution in [1.29, 1.82) is 0 Å². The standard InChI is InChI=1S/C25H27NO2/c1-20(15-16-27)24-14-13-23(17-25(24)28-2)26(18-21-9-5-3-6-10-21)19-22-11-7-4-8-12-22/h3-14,16-17,20H,15,18-19H2,1-2H3/t20-/m1/s1. The van der Waals surface area contributed by atoms with Crippen molar-refractivity contribution in [2.75, 3.05) is 12.0 Å². The number of nitrogens with zero attached hydrogens (tertiary/aromatic N) is 1. The fourth-order valence-corrected chi connectivity index (χ4v) is 3.42. The molecule has 0 aromatic heterocycles. The summed E-state index contributed by atoms with van der Waals surface area (Å²) in [5.41, 5.74) is 4.69. The van der Waals surface area contributed by atoms with Gasteiger partial charge in [0.25, 0.3) is 0 Å². The largest absolute Gasteiger partial charge is 0.496 e. The van der Waals surface area contributed by atoms with Gasteiger partial charge in [0.1, 0.15) is 12.0 Å². The first kappa shape index (κ1) is 19.7. The molecular weight excluding hydrogens is 346 g/mol. The molecule has 0 unspecified atom stereocenters. The number of hydrogen-bond acceptors (Lipinski definition) is 3. The molecule has 0 fully saturated rings. The molecule has 0 radical (unpaired) electrons. The van der Waals surface area contributed by atoms with Crippen molar-refractivity contribution in [2.45, 2.75) is 32.4 Å². The summed E-state index contributed by atoms with van der Waals surface area (Å²) in [7, 11) is 1.69. The predicted molar refractivity (Wildman–Crippen MR) is 115 cm³/mol. The Morgan fingerprint density at radius 3 is 1.96 bits per heavy atom. The summed E-state index contributed by atoms with van der Waals surface area (Å²) < 4.78 is 5.66. The third-order valence-electron chi connectivity index (χ3n) is 5.00. The fourth-order valence-electron chi connectivity index (χ4n) is 3.42. The summed E-state index contributed by atoms with van der Waals surface area (Å²) in [6, 6.07) is 27.3. The van der Waals surface area contributed by atoms with Crippen LogP contribution >= 0.6 is 0 Å². The molecule has 0 saturated heterocycles. The minimum Gasteiger partial charge on any atom is -0.496 e. The van der Waals surface area contributed by atoms with Crippen LogP contribution in [0.2, 0.25) is 0 Å². The second kappa shape index (κ2) is 9.75. The van der Waals surface area contributed by atoms with Gasteiger partial charge >= 0.3 is 0 Å². The molecule has 28 heavy (non-hydrogen) atoms. The van der Waals surface area contributed by atoms with E-state index in [2.05, 4.69) is 78.6 Å². The second-order valence-corrected chi connectivity index (χ2v) is 7.06. The number of benzene rings is 3. The maximum absolute atomic E-state index is 10.9. The van der Waals surface area contributed by atoms with E-state index in [1.54, 1.807) is 7.11 Å². The maximum atomic E-state index is 10.9. The molecular formula is C25H27NO2. The highest BCUT2D eigenvalue weighted by molar-refractivity contribution is 5.57. The molecule has 3 rings (SSSR count). The minimum absolute atomic E-state index is 0.137. The SMILES string of the molecule is COc1cc(N(Cc2ccccc2)Cc2ccccc2)ccc1[C@H](C)CC=O. The van der Waals surface area contributed by atoms with Gasteiger partial charge in [0.05, 0.1) is 7.11 Å². The van der Waals surface area contributed by atoms with E-state index in [0.29, 0.717) is 6.42 Å². The van der Waals surface area contributed by atoms with Crippen LogP contribution in [0.4, 0.5) is 5.69 Å². The van der Waals surface area contributed by atoms with Crippen LogP contribution < -0.4 is 9.64 Å². The number of hydrogen-bond donors (Lipinski definition) is 0. The molecule has 3 nitrogen and oxygen atoms in total. The van der Waals surface area contributed by atoms with E-state index in [-0.39, 0.29) is 5.92 Å². The quantitative estimate of drug-likeness (QED) is 0.458. The van der Waals surface area contributed by atoms with Crippen LogP contribution in [0, 0.1) is 0 Å². The van der Waals surface area contributed by atoms with Crippen molar-refractivity contribution in [2.24, 2.45) is 0 Å². The van der Waals surface area contributed by atoms with E-state index in [1.807, 2.05) is 12.1 Å². The average molecular weight is 373 g/mol. The van der Waals surface area contributed by atoms with E-state index in [1.165, 1.54) is 11.1 Å². The van der Waals surface area contributed by atoms with Gasteiger partial charge in [0.2, 0.25) is 0 Å². The van der Waals surface area contributed by atoms with Crippen LogP contribution in [-0.4, -0.2) is 13.4 Å². The molecule has 0 aliphatic rings. The van der Waals surface area contributed by atoms with E-state index >= 15 is 0 Å². The van der Waals surface area contributed by atoms with Crippen molar-refractivity contribution in [3.8, 4) is 5.75 Å². The van der Waals surface area contributed by atoms with Crippen molar-refractivity contribution >= 4 is 12.0 Å². The zero-order valence-electron chi connectivity index (χ0n) is 16.5. The Kier molecular flexibility index (Phi) is 6.85. The summed E-state index contributed by atoms with van der Waals surface area (Å²) in [5, 5.41) is 0. The Hall–Kier alpha value is -3.07. The lowest BCUT2D eigenvalue weighted by atomic mass is 9.97. The number of rotatable bonds is 9. The molecule has 0 aliphatic heterocycles. The highest BCUT2D eigenvalue weighted by Gasteiger charge is 2.15. The Morgan fingerprint density at radius 1 is 0.893 bits per heavy atom. The van der Waals surface area contributed by atoms with Gasteiger partial charge in [-0.05, 0) is 28.7 Å². The summed E-state index contributed by atoms with van der Waals surface area (Å²) in [5.74, 6) is 0.969. The third kappa shape index (κ3) is 5.01. The summed E-state index contributed by atoms with van der Waals surface area (Å²) in [6.45, 7) is 3.67. The molecule has 0 saturated carbocycles. The summed E-state index contributed by atoms with van der Waals surface area (Å²) in [6.07, 6.45) is 1.46. The Balaban J connectivity index is 1.93. The highest BCUT2D eigenvalue weighted by Crippen LogP contribution is 2.33. The minimum atomic E-state index is 0.137. The smallest absolute Gasteiger partial charge is 0.124 e. The Morgan fingerprint density at radius 2 is 1.46 bits per heavy atom. The molecule has 3 heteroatoms. The first-order chi connectivity index (χ1) is 13.7. The topological polar surface area (TPSA) is 29.5 Å². The first-order valence-electron chi connectivity index (χ1n) is 9.65. The summed E-state index contributed by atoms with van der Waals surface area (Å²) >= 11 is 0. The van der Waals surface area contributed by atoms with Crippen LogP contribution in [0.3, 0.4) is 0 Å². The maximum Gasteiger partial charge on any atom is 0.124 e. The van der Waals surface area contributed by atoms with Gasteiger partial charge in [-0.15, -0.1) is 0 Å². The zero-order chi connectivity index (χ0) is 19.8. The number of carbonyl (C=O) groups is 1. The van der Waals surface area contributed by atoms with Gasteiger partial charge in [-0.1, -0.05) is 73.7 Å². The molecule has 0 amide bonds. The van der Waals surface area contributed by atoms with Crippen molar-refractivity contribution in [3.05, 3.63) is 95.6 Å². The molecule has 0 spiro atoms. The molecule has 1 atom stereocenters. The molecule has 0 aliphatic carbocycles. The van der Waals surface area contributed by atoms with Gasteiger partial charge in [-0.25, -0.2) is 0 Å².